The van der Waals surface area contributed by atoms with Crippen molar-refractivity contribution >= 4 is 5.57 Å². The summed E-state index contributed by atoms with van der Waals surface area (Å²) in [6.45, 7) is 3.36. The third-order valence-corrected chi connectivity index (χ3v) is 3.40. The van der Waals surface area contributed by atoms with Crippen molar-refractivity contribution in [3.63, 3.8) is 0 Å². The normalized spacial score (nSPS) is 16.6. The van der Waals surface area contributed by atoms with Crippen LogP contribution in [-0.2, 0) is 0 Å². The minimum atomic E-state index is -1.03. The summed E-state index contributed by atoms with van der Waals surface area (Å²) in [6.07, 6.45) is 0. The Kier molecular flexibility index (Phi) is 2.85. The summed E-state index contributed by atoms with van der Waals surface area (Å²) in [6, 6.07) is 13.1. The Morgan fingerprint density at radius 1 is 0.900 bits per heavy atom. The molecule has 0 N–H and O–H groups in total. The zero-order valence-electron chi connectivity index (χ0n) is 11.3. The number of ether oxygens (including phenoxy) is 1. The molecule has 0 aromatic heterocycles. The predicted octanol–water partition coefficient (Wildman–Crippen LogP) is 4.73. The zero-order valence-corrected chi connectivity index (χ0v) is 11.3. The lowest BCUT2D eigenvalue weighted by Crippen LogP contribution is -2.33. The molecule has 0 fully saturated rings. The minimum Gasteiger partial charge on any atom is -0.480 e. The number of para-hydroxylation sites is 1. The lowest BCUT2D eigenvalue weighted by atomic mass is 9.89. The van der Waals surface area contributed by atoms with E-state index in [1.807, 2.05) is 24.3 Å². The van der Waals surface area contributed by atoms with Gasteiger partial charge in [0.2, 0.25) is 0 Å². The van der Waals surface area contributed by atoms with Gasteiger partial charge in [0.25, 0.3) is 0 Å². The number of rotatable bonds is 1. The molecule has 3 heteroatoms. The number of halogens is 2. The Balaban J connectivity index is 2.26. The van der Waals surface area contributed by atoms with Gasteiger partial charge in [0, 0.05) is 11.1 Å². The lowest BCUT2D eigenvalue weighted by molar-refractivity contribution is 0.117. The van der Waals surface area contributed by atoms with Gasteiger partial charge in [-0.2, -0.15) is 0 Å². The zero-order chi connectivity index (χ0) is 14.3. The van der Waals surface area contributed by atoms with Gasteiger partial charge >= 0.3 is 0 Å². The monoisotopic (exact) mass is 272 g/mol. The second-order valence-electron chi connectivity index (χ2n) is 5.30. The van der Waals surface area contributed by atoms with E-state index in [0.29, 0.717) is 22.4 Å². The Morgan fingerprint density at radius 3 is 2.25 bits per heavy atom. The van der Waals surface area contributed by atoms with E-state index in [1.54, 1.807) is 26.0 Å². The van der Waals surface area contributed by atoms with E-state index in [1.165, 1.54) is 12.1 Å². The van der Waals surface area contributed by atoms with E-state index < -0.39 is 5.60 Å². The molecular weight excluding hydrogens is 258 g/mol. The topological polar surface area (TPSA) is 9.23 Å². The molecule has 0 amide bonds. The highest BCUT2D eigenvalue weighted by molar-refractivity contribution is 5.86. The predicted molar refractivity (Wildman–Crippen MR) is 74.7 cm³/mol. The second kappa shape index (κ2) is 4.44. The van der Waals surface area contributed by atoms with E-state index >= 15 is 0 Å². The quantitative estimate of drug-likeness (QED) is 0.729. The van der Waals surface area contributed by atoms with Gasteiger partial charge in [-0.1, -0.05) is 30.3 Å². The van der Waals surface area contributed by atoms with Crippen molar-refractivity contribution in [3.8, 4) is 5.75 Å². The highest BCUT2D eigenvalue weighted by Gasteiger charge is 2.36. The van der Waals surface area contributed by atoms with Gasteiger partial charge in [0.1, 0.15) is 11.6 Å². The Morgan fingerprint density at radius 2 is 1.55 bits per heavy atom. The van der Waals surface area contributed by atoms with Crippen molar-refractivity contribution in [1.82, 2.24) is 0 Å². The number of benzene rings is 2. The van der Waals surface area contributed by atoms with Crippen LogP contribution < -0.4 is 4.74 Å². The van der Waals surface area contributed by atoms with E-state index in [0.717, 1.165) is 0 Å². The number of hydrogen-bond acceptors (Lipinski definition) is 1. The largest absolute Gasteiger partial charge is 0.480 e. The Hall–Kier alpha value is -2.16. The maximum absolute atomic E-state index is 14.8. The van der Waals surface area contributed by atoms with Gasteiger partial charge < -0.3 is 4.74 Å². The van der Waals surface area contributed by atoms with Crippen LogP contribution in [0.1, 0.15) is 25.0 Å². The first-order chi connectivity index (χ1) is 9.49. The fourth-order valence-corrected chi connectivity index (χ4v) is 2.40. The first kappa shape index (κ1) is 12.9. The smallest absolute Gasteiger partial charge is 0.155 e. The van der Waals surface area contributed by atoms with Gasteiger partial charge in [-0.3, -0.25) is 0 Å². The molecule has 20 heavy (non-hydrogen) atoms. The van der Waals surface area contributed by atoms with E-state index in [9.17, 15) is 8.78 Å². The van der Waals surface area contributed by atoms with Gasteiger partial charge in [-0.05, 0) is 37.6 Å². The second-order valence-corrected chi connectivity index (χ2v) is 5.30. The summed E-state index contributed by atoms with van der Waals surface area (Å²) < 4.78 is 33.5. The molecule has 1 nitrogen and oxygen atoms in total. The van der Waals surface area contributed by atoms with Crippen LogP contribution in [0.5, 0.6) is 5.75 Å². The van der Waals surface area contributed by atoms with Gasteiger partial charge in [0.15, 0.2) is 11.4 Å². The summed E-state index contributed by atoms with van der Waals surface area (Å²) in [5, 5.41) is 0. The molecule has 1 aliphatic rings. The maximum atomic E-state index is 14.8. The van der Waals surface area contributed by atoms with E-state index in [2.05, 4.69) is 0 Å². The third kappa shape index (κ3) is 1.99. The number of fused-ring (bicyclic) bond motifs is 1. The van der Waals surface area contributed by atoms with Crippen molar-refractivity contribution < 1.29 is 13.5 Å². The van der Waals surface area contributed by atoms with Crippen LogP contribution in [0, 0.1) is 5.82 Å². The first-order valence-corrected chi connectivity index (χ1v) is 6.43. The number of hydrogen-bond donors (Lipinski definition) is 0. The third-order valence-electron chi connectivity index (χ3n) is 3.40. The highest BCUT2D eigenvalue weighted by atomic mass is 19.1. The minimum absolute atomic E-state index is 0.339. The van der Waals surface area contributed by atoms with Crippen molar-refractivity contribution in [3.05, 3.63) is 71.3 Å². The maximum Gasteiger partial charge on any atom is 0.155 e. The average molecular weight is 272 g/mol. The van der Waals surface area contributed by atoms with E-state index in [-0.39, 0.29) is 11.6 Å². The average Bonchev–Trinajstić information content (AvgIpc) is 2.41. The summed E-state index contributed by atoms with van der Waals surface area (Å²) in [5.41, 5.74) is 0.776. The first-order valence-electron chi connectivity index (χ1n) is 6.43. The molecule has 1 heterocycles. The molecule has 0 saturated heterocycles. The van der Waals surface area contributed by atoms with Crippen LogP contribution in [-0.4, -0.2) is 5.60 Å². The van der Waals surface area contributed by atoms with Crippen LogP contribution in [0.2, 0.25) is 0 Å². The molecule has 2 aromatic carbocycles. The SMILES string of the molecule is CC1(C)Oc2ccccc2C(c2ccc(F)cc2)=C1F. The molecule has 3 rings (SSSR count). The van der Waals surface area contributed by atoms with Crippen LogP contribution in [0.3, 0.4) is 0 Å². The molecule has 0 radical (unpaired) electrons. The molecule has 0 unspecified atom stereocenters. The molecule has 2 aromatic rings. The molecule has 0 aliphatic carbocycles. The van der Waals surface area contributed by atoms with Gasteiger partial charge in [-0.15, -0.1) is 0 Å². The lowest BCUT2D eigenvalue weighted by Gasteiger charge is -2.33. The molecular formula is C17H14F2O. The molecule has 102 valence electrons. The molecule has 0 bridgehead atoms. The molecule has 0 saturated carbocycles. The Bertz CT molecular complexity index is 684. The summed E-state index contributed by atoms with van der Waals surface area (Å²) >= 11 is 0. The Labute approximate surface area is 116 Å². The molecule has 0 atom stereocenters. The van der Waals surface area contributed by atoms with Crippen molar-refractivity contribution in [2.75, 3.05) is 0 Å². The van der Waals surface area contributed by atoms with Crippen LogP contribution in [0.25, 0.3) is 5.57 Å². The van der Waals surface area contributed by atoms with Gasteiger partial charge in [-0.25, -0.2) is 8.78 Å². The highest BCUT2D eigenvalue weighted by Crippen LogP contribution is 2.44. The summed E-state index contributed by atoms with van der Waals surface area (Å²) in [5.74, 6) is -0.0459. The van der Waals surface area contributed by atoms with Crippen molar-refractivity contribution in [2.24, 2.45) is 0 Å². The fourth-order valence-electron chi connectivity index (χ4n) is 2.40. The van der Waals surface area contributed by atoms with Crippen LogP contribution in [0.4, 0.5) is 8.78 Å². The van der Waals surface area contributed by atoms with Crippen LogP contribution in [0.15, 0.2) is 54.4 Å². The molecule has 1 aliphatic heterocycles. The standard InChI is InChI=1S/C17H14F2O/c1-17(2)16(19)15(11-7-9-12(18)10-8-11)13-5-3-4-6-14(13)20-17/h3-10H,1-2H3. The van der Waals surface area contributed by atoms with Crippen LogP contribution >= 0.6 is 0 Å². The molecule has 0 spiro atoms. The summed E-state index contributed by atoms with van der Waals surface area (Å²) in [4.78, 5) is 0. The van der Waals surface area contributed by atoms with Gasteiger partial charge in [0.05, 0.1) is 0 Å². The van der Waals surface area contributed by atoms with E-state index in [4.69, 9.17) is 4.74 Å². The summed E-state index contributed by atoms with van der Waals surface area (Å²) in [7, 11) is 0. The van der Waals surface area contributed by atoms with Crippen molar-refractivity contribution in [2.45, 2.75) is 19.4 Å². The van der Waals surface area contributed by atoms with Crippen molar-refractivity contribution in [1.29, 1.82) is 0 Å². The fraction of sp³-hybridized carbons (Fsp3) is 0.176.